The van der Waals surface area contributed by atoms with Gasteiger partial charge >= 0.3 is 0 Å². The Balaban J connectivity index is 1.53. The number of nitrogens with one attached hydrogen (secondary N) is 1. The Labute approximate surface area is 154 Å². The van der Waals surface area contributed by atoms with Gasteiger partial charge in [0.1, 0.15) is 5.75 Å². The monoisotopic (exact) mass is 352 g/mol. The van der Waals surface area contributed by atoms with Gasteiger partial charge in [0.25, 0.3) is 0 Å². The van der Waals surface area contributed by atoms with Crippen molar-refractivity contribution in [3.63, 3.8) is 0 Å². The molecule has 1 aliphatic rings. The Hall–Kier alpha value is -2.82. The lowest BCUT2D eigenvalue weighted by molar-refractivity contribution is -0.126. The molecule has 0 saturated carbocycles. The van der Waals surface area contributed by atoms with Gasteiger partial charge in [0.2, 0.25) is 11.8 Å². The normalized spacial score (nSPS) is 16.8. The fraction of sp³-hybridized carbons (Fsp3) is 0.333. The smallest absolute Gasteiger partial charge is 0.227 e. The lowest BCUT2D eigenvalue weighted by Gasteiger charge is -2.16. The molecule has 1 atom stereocenters. The van der Waals surface area contributed by atoms with Crippen LogP contribution in [-0.2, 0) is 16.1 Å². The number of rotatable bonds is 6. The van der Waals surface area contributed by atoms with E-state index in [1.165, 1.54) is 0 Å². The van der Waals surface area contributed by atoms with Crippen molar-refractivity contribution in [1.29, 1.82) is 0 Å². The average molecular weight is 352 g/mol. The third-order valence-electron chi connectivity index (χ3n) is 4.33. The van der Waals surface area contributed by atoms with E-state index in [9.17, 15) is 9.59 Å². The Morgan fingerprint density at radius 2 is 1.85 bits per heavy atom. The van der Waals surface area contributed by atoms with Gasteiger partial charge in [-0.05, 0) is 43.7 Å². The van der Waals surface area contributed by atoms with Gasteiger partial charge in [0, 0.05) is 25.2 Å². The number of carbonyl (C=O) groups is 2. The predicted molar refractivity (Wildman–Crippen MR) is 101 cm³/mol. The highest BCUT2D eigenvalue weighted by atomic mass is 16.5. The summed E-state index contributed by atoms with van der Waals surface area (Å²) in [5, 5.41) is 2.94. The molecule has 1 saturated heterocycles. The van der Waals surface area contributed by atoms with Gasteiger partial charge in [0.05, 0.1) is 12.0 Å². The summed E-state index contributed by atoms with van der Waals surface area (Å²) in [7, 11) is 0. The molecule has 3 rings (SSSR count). The highest BCUT2D eigenvalue weighted by molar-refractivity contribution is 6.00. The quantitative estimate of drug-likeness (QED) is 0.869. The molecule has 0 radical (unpaired) electrons. The van der Waals surface area contributed by atoms with Crippen LogP contribution in [0.2, 0.25) is 0 Å². The van der Waals surface area contributed by atoms with Gasteiger partial charge in [-0.3, -0.25) is 9.59 Å². The van der Waals surface area contributed by atoms with Crippen LogP contribution in [-0.4, -0.2) is 24.5 Å². The van der Waals surface area contributed by atoms with Crippen LogP contribution in [0.3, 0.4) is 0 Å². The van der Waals surface area contributed by atoms with Crippen molar-refractivity contribution in [2.45, 2.75) is 32.9 Å². The fourth-order valence-corrected chi connectivity index (χ4v) is 3.03. The minimum Gasteiger partial charge on any atom is -0.491 e. The highest BCUT2D eigenvalue weighted by Gasteiger charge is 2.34. The van der Waals surface area contributed by atoms with Crippen molar-refractivity contribution in [3.8, 4) is 5.75 Å². The Morgan fingerprint density at radius 1 is 1.15 bits per heavy atom. The summed E-state index contributed by atoms with van der Waals surface area (Å²) < 4.78 is 5.61. The summed E-state index contributed by atoms with van der Waals surface area (Å²) in [6, 6.07) is 17.1. The topological polar surface area (TPSA) is 58.6 Å². The van der Waals surface area contributed by atoms with Crippen LogP contribution in [0.15, 0.2) is 54.6 Å². The zero-order chi connectivity index (χ0) is 18.5. The summed E-state index contributed by atoms with van der Waals surface area (Å²) in [5.41, 5.74) is 1.84. The number of hydrogen-bond acceptors (Lipinski definition) is 3. The van der Waals surface area contributed by atoms with E-state index in [2.05, 4.69) is 5.32 Å². The van der Waals surface area contributed by atoms with E-state index in [1.807, 2.05) is 68.4 Å². The molecule has 0 spiro atoms. The van der Waals surface area contributed by atoms with Crippen LogP contribution in [0.5, 0.6) is 5.75 Å². The number of amides is 2. The van der Waals surface area contributed by atoms with Gasteiger partial charge < -0.3 is 15.0 Å². The molecular formula is C21H24N2O3. The van der Waals surface area contributed by atoms with Crippen LogP contribution in [0, 0.1) is 5.92 Å². The van der Waals surface area contributed by atoms with Crippen LogP contribution >= 0.6 is 0 Å². The number of anilines is 1. The summed E-state index contributed by atoms with van der Waals surface area (Å²) in [6.07, 6.45) is 0.384. The van der Waals surface area contributed by atoms with Crippen LogP contribution in [0.1, 0.15) is 25.8 Å². The summed E-state index contributed by atoms with van der Waals surface area (Å²) >= 11 is 0. The van der Waals surface area contributed by atoms with Crippen LogP contribution in [0.25, 0.3) is 0 Å². The Morgan fingerprint density at radius 3 is 2.50 bits per heavy atom. The molecule has 2 aromatic carbocycles. The molecular weight excluding hydrogens is 328 g/mol. The van der Waals surface area contributed by atoms with E-state index >= 15 is 0 Å². The van der Waals surface area contributed by atoms with Gasteiger partial charge in [-0.1, -0.05) is 30.3 Å². The number of para-hydroxylation sites is 1. The average Bonchev–Trinajstić information content (AvgIpc) is 3.03. The molecule has 1 fully saturated rings. The number of hydrogen-bond donors (Lipinski definition) is 1. The standard InChI is InChI=1S/C21H24N2O3/c1-15(2)26-19-10-8-16(9-11-19)13-22-21(25)17-12-20(24)23(14-17)18-6-4-3-5-7-18/h3-11,15,17H,12-14H2,1-2H3,(H,22,25)/t17-/m1/s1. The minimum atomic E-state index is -0.314. The molecule has 26 heavy (non-hydrogen) atoms. The van der Waals surface area contributed by atoms with E-state index < -0.39 is 0 Å². The van der Waals surface area contributed by atoms with Gasteiger partial charge in [-0.15, -0.1) is 0 Å². The van der Waals surface area contributed by atoms with Crippen molar-refractivity contribution in [2.24, 2.45) is 5.92 Å². The van der Waals surface area contributed by atoms with Gasteiger partial charge in [-0.2, -0.15) is 0 Å². The molecule has 1 aliphatic heterocycles. The first-order valence-corrected chi connectivity index (χ1v) is 8.91. The molecule has 0 unspecified atom stereocenters. The second-order valence-corrected chi connectivity index (χ2v) is 6.77. The number of nitrogens with zero attached hydrogens (tertiary/aromatic N) is 1. The highest BCUT2D eigenvalue weighted by Crippen LogP contribution is 2.25. The first kappa shape index (κ1) is 18.0. The molecule has 1 heterocycles. The van der Waals surface area contributed by atoms with E-state index in [0.717, 1.165) is 17.0 Å². The maximum Gasteiger partial charge on any atom is 0.227 e. The summed E-state index contributed by atoms with van der Waals surface area (Å²) in [4.78, 5) is 26.3. The van der Waals surface area contributed by atoms with Crippen molar-refractivity contribution in [2.75, 3.05) is 11.4 Å². The molecule has 2 aromatic rings. The molecule has 5 nitrogen and oxygen atoms in total. The molecule has 1 N–H and O–H groups in total. The first-order chi connectivity index (χ1) is 12.5. The van der Waals surface area contributed by atoms with Crippen LogP contribution in [0.4, 0.5) is 5.69 Å². The molecule has 0 aromatic heterocycles. The second-order valence-electron chi connectivity index (χ2n) is 6.77. The van der Waals surface area contributed by atoms with Crippen LogP contribution < -0.4 is 15.0 Å². The van der Waals surface area contributed by atoms with Gasteiger partial charge in [-0.25, -0.2) is 0 Å². The number of benzene rings is 2. The zero-order valence-corrected chi connectivity index (χ0v) is 15.1. The molecule has 0 aliphatic carbocycles. The van der Waals surface area contributed by atoms with E-state index in [4.69, 9.17) is 4.74 Å². The number of ether oxygens (including phenoxy) is 1. The Kier molecular flexibility index (Phi) is 5.56. The van der Waals surface area contributed by atoms with Crippen molar-refractivity contribution in [1.82, 2.24) is 5.32 Å². The van der Waals surface area contributed by atoms with Crippen molar-refractivity contribution < 1.29 is 14.3 Å². The van der Waals surface area contributed by atoms with Crippen molar-refractivity contribution >= 4 is 17.5 Å². The largest absolute Gasteiger partial charge is 0.491 e. The zero-order valence-electron chi connectivity index (χ0n) is 15.1. The third kappa shape index (κ3) is 4.42. The van der Waals surface area contributed by atoms with Crippen molar-refractivity contribution in [3.05, 3.63) is 60.2 Å². The van der Waals surface area contributed by atoms with E-state index in [1.54, 1.807) is 4.90 Å². The van der Waals surface area contributed by atoms with E-state index in [-0.39, 0.29) is 30.3 Å². The predicted octanol–water partition coefficient (Wildman–Crippen LogP) is 3.14. The molecule has 0 bridgehead atoms. The van der Waals surface area contributed by atoms with Gasteiger partial charge in [0.15, 0.2) is 0 Å². The minimum absolute atomic E-state index is 0.00784. The summed E-state index contributed by atoms with van der Waals surface area (Å²) in [6.45, 7) is 4.83. The summed E-state index contributed by atoms with van der Waals surface area (Å²) in [5.74, 6) is 0.409. The lowest BCUT2D eigenvalue weighted by Crippen LogP contribution is -2.32. The third-order valence-corrected chi connectivity index (χ3v) is 4.33. The molecule has 136 valence electrons. The number of carbonyl (C=O) groups excluding carboxylic acids is 2. The maximum absolute atomic E-state index is 12.4. The molecule has 5 heteroatoms. The SMILES string of the molecule is CC(C)Oc1ccc(CNC(=O)[C@@H]2CC(=O)N(c3ccccc3)C2)cc1. The second kappa shape index (κ2) is 8.04. The maximum atomic E-state index is 12.4. The lowest BCUT2D eigenvalue weighted by atomic mass is 10.1. The fourth-order valence-electron chi connectivity index (χ4n) is 3.03. The van der Waals surface area contributed by atoms with E-state index in [0.29, 0.717) is 13.1 Å². The molecule has 2 amide bonds. The first-order valence-electron chi connectivity index (χ1n) is 8.91. The Bertz CT molecular complexity index is 757.